The second-order valence-electron chi connectivity index (χ2n) is 8.78. The zero-order chi connectivity index (χ0) is 25.4. The van der Waals surface area contributed by atoms with Crippen molar-refractivity contribution in [3.05, 3.63) is 83.2 Å². The van der Waals surface area contributed by atoms with E-state index in [1.54, 1.807) is 53.7 Å². The molecule has 0 saturated carbocycles. The fourth-order valence-corrected chi connectivity index (χ4v) is 6.00. The van der Waals surface area contributed by atoms with Crippen LogP contribution in [0, 0.1) is 13.8 Å². The standard InChI is InChI=1S/C26H24ClN5O3S.ClH/c1-17-11-21(12-18(2)30-17)22-15-28-25(29-16-22)26(33)31-7-9-32(10-8-31)36(34,35)24-6-4-19-13-23(27)5-3-20(19)14-24;/h3-6,11-16H,7-10H2,1-2H3;1H. The summed E-state index contributed by atoms with van der Waals surface area (Å²) in [5.41, 5.74) is 3.53. The molecule has 0 radical (unpaired) electrons. The molecular formula is C26H25Cl2N5O3S. The number of carbonyl (C=O) groups excluding carboxylic acids is 1. The Morgan fingerprint density at radius 2 is 1.43 bits per heavy atom. The first-order valence-corrected chi connectivity index (χ1v) is 13.3. The Hall–Kier alpha value is -3.11. The van der Waals surface area contributed by atoms with E-state index in [-0.39, 0.29) is 55.2 Å². The molecule has 192 valence electrons. The highest BCUT2D eigenvalue weighted by Crippen LogP contribution is 2.25. The van der Waals surface area contributed by atoms with Crippen LogP contribution in [0.2, 0.25) is 5.02 Å². The predicted molar refractivity (Wildman–Crippen MR) is 146 cm³/mol. The zero-order valence-electron chi connectivity index (χ0n) is 20.3. The van der Waals surface area contributed by atoms with E-state index in [9.17, 15) is 13.2 Å². The van der Waals surface area contributed by atoms with Gasteiger partial charge in [0.05, 0.1) is 4.90 Å². The van der Waals surface area contributed by atoms with Crippen LogP contribution in [0.3, 0.4) is 0 Å². The monoisotopic (exact) mass is 557 g/mol. The average Bonchev–Trinajstić information content (AvgIpc) is 2.87. The van der Waals surface area contributed by atoms with Crippen molar-refractivity contribution in [1.29, 1.82) is 0 Å². The van der Waals surface area contributed by atoms with Crippen LogP contribution >= 0.6 is 24.0 Å². The third-order valence-electron chi connectivity index (χ3n) is 6.20. The van der Waals surface area contributed by atoms with Crippen LogP contribution in [0.5, 0.6) is 0 Å². The van der Waals surface area contributed by atoms with Gasteiger partial charge in [0, 0.05) is 60.5 Å². The van der Waals surface area contributed by atoms with Crippen LogP contribution in [-0.4, -0.2) is 64.7 Å². The number of aromatic nitrogens is 3. The maximum atomic E-state index is 13.2. The van der Waals surface area contributed by atoms with Crippen LogP contribution in [-0.2, 0) is 10.0 Å². The van der Waals surface area contributed by atoms with Crippen molar-refractivity contribution in [3.63, 3.8) is 0 Å². The van der Waals surface area contributed by atoms with E-state index < -0.39 is 10.0 Å². The normalized spacial score (nSPS) is 14.4. The highest BCUT2D eigenvalue weighted by Gasteiger charge is 2.31. The van der Waals surface area contributed by atoms with Crippen LogP contribution in [0.4, 0.5) is 0 Å². The van der Waals surface area contributed by atoms with Gasteiger partial charge in [-0.3, -0.25) is 9.78 Å². The van der Waals surface area contributed by atoms with Crippen molar-refractivity contribution >= 4 is 50.7 Å². The molecule has 8 nitrogen and oxygen atoms in total. The van der Waals surface area contributed by atoms with Crippen LogP contribution in [0.15, 0.2) is 65.8 Å². The zero-order valence-corrected chi connectivity index (χ0v) is 22.6. The quantitative estimate of drug-likeness (QED) is 0.365. The van der Waals surface area contributed by atoms with Crippen molar-refractivity contribution in [2.24, 2.45) is 0 Å². The first-order valence-electron chi connectivity index (χ1n) is 11.5. The molecule has 0 aliphatic carbocycles. The number of aryl methyl sites for hydroxylation is 2. The molecule has 2 aromatic heterocycles. The second-order valence-corrected chi connectivity index (χ2v) is 11.2. The molecule has 1 aliphatic rings. The number of pyridine rings is 1. The number of fused-ring (bicyclic) bond motifs is 1. The molecule has 1 saturated heterocycles. The lowest BCUT2D eigenvalue weighted by atomic mass is 10.1. The highest BCUT2D eigenvalue weighted by molar-refractivity contribution is 7.89. The van der Waals surface area contributed by atoms with E-state index in [0.29, 0.717) is 5.02 Å². The summed E-state index contributed by atoms with van der Waals surface area (Å²) in [4.78, 5) is 27.7. The van der Waals surface area contributed by atoms with Gasteiger partial charge >= 0.3 is 0 Å². The topological polar surface area (TPSA) is 96.4 Å². The molecule has 3 heterocycles. The summed E-state index contributed by atoms with van der Waals surface area (Å²) in [5.74, 6) is -0.228. The highest BCUT2D eigenvalue weighted by atomic mass is 35.5. The Bertz CT molecular complexity index is 1550. The van der Waals surface area contributed by atoms with E-state index in [4.69, 9.17) is 11.6 Å². The molecule has 0 bridgehead atoms. The Balaban J connectivity index is 0.00000320. The lowest BCUT2D eigenvalue weighted by molar-refractivity contribution is 0.0685. The van der Waals surface area contributed by atoms with Gasteiger partial charge in [-0.2, -0.15) is 4.31 Å². The minimum atomic E-state index is -3.69. The van der Waals surface area contributed by atoms with Gasteiger partial charge in [0.2, 0.25) is 15.8 Å². The van der Waals surface area contributed by atoms with Gasteiger partial charge in [0.25, 0.3) is 5.91 Å². The number of hydrogen-bond donors (Lipinski definition) is 0. The predicted octanol–water partition coefficient (Wildman–Crippen LogP) is 4.53. The molecule has 0 N–H and O–H groups in total. The van der Waals surface area contributed by atoms with Crippen molar-refractivity contribution < 1.29 is 13.2 Å². The van der Waals surface area contributed by atoms with E-state index >= 15 is 0 Å². The van der Waals surface area contributed by atoms with Crippen molar-refractivity contribution in [3.8, 4) is 11.1 Å². The Morgan fingerprint density at radius 3 is 2.08 bits per heavy atom. The molecule has 0 spiro atoms. The molecule has 2 aromatic carbocycles. The molecule has 4 aromatic rings. The van der Waals surface area contributed by atoms with E-state index in [1.807, 2.05) is 26.0 Å². The SMILES string of the molecule is Cc1cc(-c2cnc(C(=O)N3CCN(S(=O)(=O)c4ccc5cc(Cl)ccc5c4)CC3)nc2)cc(C)n1.Cl. The smallest absolute Gasteiger partial charge is 0.291 e. The summed E-state index contributed by atoms with van der Waals surface area (Å²) in [7, 11) is -3.69. The number of hydrogen-bond acceptors (Lipinski definition) is 6. The largest absolute Gasteiger partial charge is 0.333 e. The van der Waals surface area contributed by atoms with Gasteiger partial charge in [-0.25, -0.2) is 18.4 Å². The number of amides is 1. The minimum Gasteiger partial charge on any atom is -0.333 e. The molecule has 1 aliphatic heterocycles. The summed E-state index contributed by atoms with van der Waals surface area (Å²) in [5, 5.41) is 2.27. The van der Waals surface area contributed by atoms with Gasteiger partial charge in [-0.1, -0.05) is 23.7 Å². The van der Waals surface area contributed by atoms with Crippen LogP contribution < -0.4 is 0 Å². The van der Waals surface area contributed by atoms with E-state index in [0.717, 1.165) is 33.3 Å². The molecule has 0 unspecified atom stereocenters. The van der Waals surface area contributed by atoms with Gasteiger partial charge in [0.1, 0.15) is 0 Å². The number of halogens is 2. The number of carbonyl (C=O) groups is 1. The molecule has 1 amide bonds. The Morgan fingerprint density at radius 1 is 0.838 bits per heavy atom. The first-order chi connectivity index (χ1) is 17.2. The second kappa shape index (κ2) is 10.7. The fourth-order valence-electron chi connectivity index (χ4n) is 4.37. The summed E-state index contributed by atoms with van der Waals surface area (Å²) in [6.45, 7) is 4.75. The number of benzene rings is 2. The first kappa shape index (κ1) is 26.9. The lowest BCUT2D eigenvalue weighted by Gasteiger charge is -2.33. The molecular weight excluding hydrogens is 533 g/mol. The minimum absolute atomic E-state index is 0. The van der Waals surface area contributed by atoms with Gasteiger partial charge in [0.15, 0.2) is 0 Å². The molecule has 37 heavy (non-hydrogen) atoms. The Kier molecular flexibility index (Phi) is 7.80. The average molecular weight is 558 g/mol. The lowest BCUT2D eigenvalue weighted by Crippen LogP contribution is -2.50. The number of sulfonamides is 1. The molecule has 1 fully saturated rings. The van der Waals surface area contributed by atoms with Crippen molar-refractivity contribution in [1.82, 2.24) is 24.2 Å². The van der Waals surface area contributed by atoms with Crippen molar-refractivity contribution in [2.75, 3.05) is 26.2 Å². The summed E-state index contributed by atoms with van der Waals surface area (Å²) >= 11 is 6.03. The summed E-state index contributed by atoms with van der Waals surface area (Å²) < 4.78 is 27.9. The van der Waals surface area contributed by atoms with Crippen molar-refractivity contribution in [2.45, 2.75) is 18.7 Å². The van der Waals surface area contributed by atoms with Crippen LogP contribution in [0.25, 0.3) is 21.9 Å². The van der Waals surface area contributed by atoms with Gasteiger partial charge < -0.3 is 4.90 Å². The third kappa shape index (κ3) is 5.60. The maximum Gasteiger partial charge on any atom is 0.291 e. The van der Waals surface area contributed by atoms with Crippen LogP contribution in [0.1, 0.15) is 22.0 Å². The molecule has 0 atom stereocenters. The molecule has 5 rings (SSSR count). The number of nitrogens with zero attached hydrogens (tertiary/aromatic N) is 5. The third-order valence-corrected chi connectivity index (χ3v) is 8.33. The maximum absolute atomic E-state index is 13.2. The summed E-state index contributed by atoms with van der Waals surface area (Å²) in [6.07, 6.45) is 3.25. The van der Waals surface area contributed by atoms with E-state index in [2.05, 4.69) is 15.0 Å². The number of piperazine rings is 1. The molecule has 11 heteroatoms. The van der Waals surface area contributed by atoms with E-state index in [1.165, 1.54) is 4.31 Å². The number of rotatable bonds is 4. The summed E-state index contributed by atoms with van der Waals surface area (Å²) in [6, 6.07) is 14.2. The van der Waals surface area contributed by atoms with Gasteiger partial charge in [-0.15, -0.1) is 12.4 Å². The fraction of sp³-hybridized carbons (Fsp3) is 0.231. The van der Waals surface area contributed by atoms with Gasteiger partial charge in [-0.05, 0) is 66.6 Å². The Labute approximate surface area is 226 Å².